The van der Waals surface area contributed by atoms with E-state index in [2.05, 4.69) is 113 Å². The molecular formula is C28H30N+. The predicted molar refractivity (Wildman–Crippen MR) is 124 cm³/mol. The van der Waals surface area contributed by atoms with Crippen molar-refractivity contribution in [2.75, 3.05) is 0 Å². The smallest absolute Gasteiger partial charge is 0.198 e. The van der Waals surface area contributed by atoms with Gasteiger partial charge in [0.15, 0.2) is 5.69 Å². The van der Waals surface area contributed by atoms with Gasteiger partial charge in [0.2, 0.25) is 5.69 Å². The largest absolute Gasteiger partial charge is 0.220 e. The van der Waals surface area contributed by atoms with Gasteiger partial charge >= 0.3 is 0 Å². The van der Waals surface area contributed by atoms with Gasteiger partial charge in [-0.05, 0) is 65.1 Å². The normalized spacial score (nSPS) is 11.4. The third-order valence-corrected chi connectivity index (χ3v) is 6.26. The summed E-state index contributed by atoms with van der Waals surface area (Å²) >= 11 is 0. The quantitative estimate of drug-likeness (QED) is 0.335. The lowest BCUT2D eigenvalue weighted by Crippen LogP contribution is -2.35. The zero-order valence-electron chi connectivity index (χ0n) is 18.4. The fraction of sp³-hybridized carbons (Fsp3) is 0.250. The number of aromatic nitrogens is 1. The van der Waals surface area contributed by atoms with E-state index in [9.17, 15) is 0 Å². The Hall–Kier alpha value is -2.93. The molecule has 3 aromatic carbocycles. The highest BCUT2D eigenvalue weighted by molar-refractivity contribution is 5.95. The molecule has 0 radical (unpaired) electrons. The number of rotatable bonds is 3. The van der Waals surface area contributed by atoms with Crippen LogP contribution in [0.15, 0.2) is 66.7 Å². The zero-order valence-corrected chi connectivity index (χ0v) is 18.4. The number of hydrogen-bond acceptors (Lipinski definition) is 0. The molecule has 4 rings (SSSR count). The number of pyridine rings is 1. The van der Waals surface area contributed by atoms with Crippen LogP contribution in [0, 0.1) is 20.8 Å². The standard InChI is InChI=1S/C28H30N/c1-18(2)23-12-13-24-15-20(4)29(6)28(27(24)16-23)26-17-25(14-19(3)21(26)5)22-10-8-7-9-11-22/h7-18H,1-6H3/q+1. The Morgan fingerprint density at radius 3 is 2.17 bits per heavy atom. The summed E-state index contributed by atoms with van der Waals surface area (Å²) in [6.45, 7) is 11.2. The topological polar surface area (TPSA) is 3.88 Å². The molecule has 1 aromatic heterocycles. The van der Waals surface area contributed by atoms with Crippen molar-refractivity contribution in [2.24, 2.45) is 7.05 Å². The van der Waals surface area contributed by atoms with E-state index in [0.29, 0.717) is 5.92 Å². The fourth-order valence-electron chi connectivity index (χ4n) is 4.17. The average molecular weight is 381 g/mol. The van der Waals surface area contributed by atoms with Gasteiger partial charge in [-0.15, -0.1) is 0 Å². The molecule has 0 N–H and O–H groups in total. The van der Waals surface area contributed by atoms with Crippen LogP contribution < -0.4 is 4.57 Å². The van der Waals surface area contributed by atoms with Gasteiger partial charge in [0.25, 0.3) is 0 Å². The summed E-state index contributed by atoms with van der Waals surface area (Å²) < 4.78 is 2.35. The summed E-state index contributed by atoms with van der Waals surface area (Å²) in [4.78, 5) is 0. The van der Waals surface area contributed by atoms with E-state index in [4.69, 9.17) is 0 Å². The third-order valence-electron chi connectivity index (χ3n) is 6.26. The van der Waals surface area contributed by atoms with Crippen LogP contribution in [-0.2, 0) is 7.05 Å². The Labute approximate surface area is 174 Å². The van der Waals surface area contributed by atoms with Gasteiger partial charge in [0, 0.05) is 13.0 Å². The molecule has 0 amide bonds. The molecular weight excluding hydrogens is 350 g/mol. The second kappa shape index (κ2) is 7.48. The van der Waals surface area contributed by atoms with Crippen molar-refractivity contribution in [1.82, 2.24) is 0 Å². The molecule has 0 atom stereocenters. The highest BCUT2D eigenvalue weighted by atomic mass is 14.9. The summed E-state index contributed by atoms with van der Waals surface area (Å²) in [7, 11) is 2.19. The molecule has 4 aromatic rings. The number of fused-ring (bicyclic) bond motifs is 1. The average Bonchev–Trinajstić information content (AvgIpc) is 2.71. The molecule has 0 aliphatic rings. The first-order valence-electron chi connectivity index (χ1n) is 10.5. The molecule has 1 nitrogen and oxygen atoms in total. The summed E-state index contributed by atoms with van der Waals surface area (Å²) in [5, 5.41) is 2.64. The second-order valence-corrected chi connectivity index (χ2v) is 8.53. The number of nitrogens with zero attached hydrogens (tertiary/aromatic N) is 1. The van der Waals surface area contributed by atoms with Crippen LogP contribution in [0.1, 0.15) is 42.1 Å². The molecule has 0 saturated carbocycles. The minimum Gasteiger partial charge on any atom is -0.198 e. The molecule has 0 aliphatic carbocycles. The van der Waals surface area contributed by atoms with Gasteiger partial charge in [-0.25, -0.2) is 0 Å². The minimum absolute atomic E-state index is 0.511. The van der Waals surface area contributed by atoms with Crippen molar-refractivity contribution in [3.05, 3.63) is 89.1 Å². The molecule has 0 aliphatic heterocycles. The van der Waals surface area contributed by atoms with Crippen LogP contribution >= 0.6 is 0 Å². The molecule has 0 fully saturated rings. The monoisotopic (exact) mass is 380 g/mol. The van der Waals surface area contributed by atoms with Crippen LogP contribution in [-0.4, -0.2) is 0 Å². The van der Waals surface area contributed by atoms with Gasteiger partial charge < -0.3 is 0 Å². The van der Waals surface area contributed by atoms with Crippen molar-refractivity contribution in [3.8, 4) is 22.4 Å². The first kappa shape index (κ1) is 19.4. The maximum atomic E-state index is 2.39. The lowest BCUT2D eigenvalue weighted by molar-refractivity contribution is -0.665. The minimum atomic E-state index is 0.511. The van der Waals surface area contributed by atoms with Crippen LogP contribution in [0.25, 0.3) is 33.2 Å². The van der Waals surface area contributed by atoms with E-state index in [1.165, 1.54) is 55.5 Å². The van der Waals surface area contributed by atoms with Gasteiger partial charge in [-0.2, -0.15) is 4.57 Å². The number of aryl methyl sites for hydroxylation is 2. The van der Waals surface area contributed by atoms with E-state index in [-0.39, 0.29) is 0 Å². The van der Waals surface area contributed by atoms with Gasteiger partial charge in [-0.3, -0.25) is 0 Å². The van der Waals surface area contributed by atoms with Crippen molar-refractivity contribution in [1.29, 1.82) is 0 Å². The molecule has 0 saturated heterocycles. The first-order chi connectivity index (χ1) is 13.9. The maximum Gasteiger partial charge on any atom is 0.220 e. The van der Waals surface area contributed by atoms with Crippen LogP contribution in [0.5, 0.6) is 0 Å². The van der Waals surface area contributed by atoms with Crippen LogP contribution in [0.3, 0.4) is 0 Å². The molecule has 0 unspecified atom stereocenters. The van der Waals surface area contributed by atoms with E-state index in [1.54, 1.807) is 0 Å². The first-order valence-corrected chi connectivity index (χ1v) is 10.5. The zero-order chi connectivity index (χ0) is 20.7. The van der Waals surface area contributed by atoms with Crippen molar-refractivity contribution in [2.45, 2.75) is 40.5 Å². The molecule has 1 heterocycles. The lowest BCUT2D eigenvalue weighted by atomic mass is 9.90. The number of hydrogen-bond donors (Lipinski definition) is 0. The summed E-state index contributed by atoms with van der Waals surface area (Å²) in [5.74, 6) is 0.511. The Morgan fingerprint density at radius 2 is 1.48 bits per heavy atom. The van der Waals surface area contributed by atoms with Gasteiger partial charge in [-0.1, -0.05) is 62.4 Å². The molecule has 1 heteroatoms. The Kier molecular flexibility index (Phi) is 5.00. The lowest BCUT2D eigenvalue weighted by Gasteiger charge is -2.15. The van der Waals surface area contributed by atoms with Crippen LogP contribution in [0.4, 0.5) is 0 Å². The van der Waals surface area contributed by atoms with Crippen molar-refractivity contribution in [3.63, 3.8) is 0 Å². The highest BCUT2D eigenvalue weighted by Crippen LogP contribution is 2.35. The van der Waals surface area contributed by atoms with Gasteiger partial charge in [0.05, 0.1) is 10.9 Å². The van der Waals surface area contributed by atoms with E-state index >= 15 is 0 Å². The molecule has 0 spiro atoms. The predicted octanol–water partition coefficient (Wildman–Crippen LogP) is 7.05. The Bertz CT molecular complexity index is 1200. The van der Waals surface area contributed by atoms with Crippen molar-refractivity contribution >= 4 is 10.8 Å². The van der Waals surface area contributed by atoms with E-state index < -0.39 is 0 Å². The highest BCUT2D eigenvalue weighted by Gasteiger charge is 2.22. The Morgan fingerprint density at radius 1 is 0.759 bits per heavy atom. The van der Waals surface area contributed by atoms with E-state index in [1.807, 2.05) is 0 Å². The summed E-state index contributed by atoms with van der Waals surface area (Å²) in [6, 6.07) is 24.6. The Balaban J connectivity index is 2.07. The fourth-order valence-corrected chi connectivity index (χ4v) is 4.17. The van der Waals surface area contributed by atoms with Crippen molar-refractivity contribution < 1.29 is 4.57 Å². The van der Waals surface area contributed by atoms with Crippen LogP contribution in [0.2, 0.25) is 0 Å². The maximum absolute atomic E-state index is 2.39. The van der Waals surface area contributed by atoms with E-state index in [0.717, 1.165) is 0 Å². The number of benzene rings is 3. The molecule has 146 valence electrons. The molecule has 29 heavy (non-hydrogen) atoms. The van der Waals surface area contributed by atoms with Gasteiger partial charge in [0.1, 0.15) is 7.05 Å². The SMILES string of the molecule is Cc1cc(-c2ccccc2)cc(-c2c3cc(C(C)C)ccc3cc(C)[n+]2C)c1C. The second-order valence-electron chi connectivity index (χ2n) is 8.53. The summed E-state index contributed by atoms with van der Waals surface area (Å²) in [5.41, 5.74) is 10.5. The molecule has 0 bridgehead atoms. The summed E-state index contributed by atoms with van der Waals surface area (Å²) in [6.07, 6.45) is 0. The third kappa shape index (κ3) is 3.46.